The number of hydrogen-bond donors (Lipinski definition) is 3. The van der Waals surface area contributed by atoms with Crippen LogP contribution in [0.25, 0.3) is 11.5 Å². The highest BCUT2D eigenvalue weighted by molar-refractivity contribution is 7.07. The monoisotopic (exact) mass is 517 g/mol. The highest BCUT2D eigenvalue weighted by Crippen LogP contribution is 2.15. The van der Waals surface area contributed by atoms with Gasteiger partial charge in [-0.3, -0.25) is 23.9 Å². The van der Waals surface area contributed by atoms with Gasteiger partial charge in [-0.15, -0.1) is 0 Å². The van der Waals surface area contributed by atoms with Gasteiger partial charge in [0.2, 0.25) is 5.91 Å². The fraction of sp³-hybridized carbons (Fsp3) is 0.346. The molecule has 3 N–H and O–H groups in total. The van der Waals surface area contributed by atoms with Crippen molar-refractivity contribution in [3.63, 3.8) is 0 Å². The van der Waals surface area contributed by atoms with Gasteiger partial charge in [0.05, 0.1) is 12.6 Å². The standard InChI is InChI=1S/C26H27N7O3S/c1-2-33-24(15-19(17-28)25(35)30-12-10-27)37-22(26(33)36)9-11-29-20-7-6-8-21(16-20)31-23(34)18-32-13-4-3-5-14-32/h6-8,11,16,29H,2-5,12-14,18H2,1H3,(H,30,35)(H,31,34). The summed E-state index contributed by atoms with van der Waals surface area (Å²) in [5.41, 5.74) is 6.28. The van der Waals surface area contributed by atoms with Gasteiger partial charge in [-0.25, -0.2) is 0 Å². The number of hydrogen-bond acceptors (Lipinski definition) is 8. The molecular weight excluding hydrogens is 490 g/mol. The van der Waals surface area contributed by atoms with Crippen molar-refractivity contribution < 1.29 is 9.59 Å². The molecule has 10 nitrogen and oxygen atoms in total. The van der Waals surface area contributed by atoms with Gasteiger partial charge in [-0.1, -0.05) is 35.3 Å². The van der Waals surface area contributed by atoms with Gasteiger partial charge in [0.1, 0.15) is 21.8 Å². The summed E-state index contributed by atoms with van der Waals surface area (Å²) < 4.78 is 1.94. The molecule has 0 radical (unpaired) electrons. The summed E-state index contributed by atoms with van der Waals surface area (Å²) in [5.74, 6) is -0.798. The molecule has 2 aromatic rings. The zero-order chi connectivity index (χ0) is 26.6. The van der Waals surface area contributed by atoms with E-state index in [1.54, 1.807) is 37.3 Å². The van der Waals surface area contributed by atoms with E-state index in [1.807, 2.05) is 6.07 Å². The average molecular weight is 518 g/mol. The molecule has 0 bridgehead atoms. The van der Waals surface area contributed by atoms with Crippen LogP contribution in [-0.4, -0.2) is 47.5 Å². The smallest absolute Gasteiger partial charge is 0.277 e. The first-order valence-corrected chi connectivity index (χ1v) is 12.7. The minimum Gasteiger partial charge on any atom is -0.355 e. The molecule has 11 heteroatoms. The zero-order valence-electron chi connectivity index (χ0n) is 20.5. The molecular formula is C26H27N7O3S. The molecule has 2 heterocycles. The molecule has 190 valence electrons. The molecule has 3 rings (SSSR count). The van der Waals surface area contributed by atoms with Crippen LogP contribution in [0.4, 0.5) is 11.4 Å². The number of nitrogens with zero attached hydrogens (tertiary/aromatic N) is 4. The quantitative estimate of drug-likeness (QED) is 0.267. The second-order valence-corrected chi connectivity index (χ2v) is 9.14. The number of aromatic nitrogens is 1. The lowest BCUT2D eigenvalue weighted by molar-refractivity contribution is -0.118. The lowest BCUT2D eigenvalue weighted by atomic mass is 10.1. The Morgan fingerprint density at radius 1 is 1.16 bits per heavy atom. The van der Waals surface area contributed by atoms with E-state index in [2.05, 4.69) is 32.3 Å². The minimum atomic E-state index is -0.738. The van der Waals surface area contributed by atoms with Gasteiger partial charge in [0, 0.05) is 24.1 Å². The molecule has 0 atom stereocenters. The molecule has 1 aliphatic rings. The summed E-state index contributed by atoms with van der Waals surface area (Å²) in [7, 11) is 0. The summed E-state index contributed by atoms with van der Waals surface area (Å²) >= 11 is 1.04. The Morgan fingerprint density at radius 2 is 1.92 bits per heavy atom. The second-order valence-electron chi connectivity index (χ2n) is 8.14. The Hall–Kier alpha value is -4.37. The summed E-state index contributed by atoms with van der Waals surface area (Å²) in [6.45, 7) is 4.09. The van der Waals surface area contributed by atoms with Crippen molar-refractivity contribution in [2.75, 3.05) is 36.8 Å². The van der Waals surface area contributed by atoms with Crippen molar-refractivity contribution in [3.05, 3.63) is 55.6 Å². The number of amides is 2. The SMILES string of the molecule is CCn1c(=C=C(C#N)C(=O)NCC#N)sc(=C=CNc2cccc(NC(=O)CN3CCCCC3)c2)c1=O. The summed E-state index contributed by atoms with van der Waals surface area (Å²) in [6.07, 6.45) is 4.94. The molecule has 0 spiro atoms. The first-order chi connectivity index (χ1) is 17.9. The average Bonchev–Trinajstić information content (AvgIpc) is 3.20. The Bertz CT molecular complexity index is 1490. The topological polar surface area (TPSA) is 143 Å². The number of carbonyl (C=O) groups excluding carboxylic acids is 2. The van der Waals surface area contributed by atoms with Crippen LogP contribution in [0, 0.1) is 22.7 Å². The number of rotatable bonds is 8. The molecule has 2 amide bonds. The maximum atomic E-state index is 12.7. The van der Waals surface area contributed by atoms with Gasteiger partial charge in [-0.05, 0) is 51.1 Å². The number of anilines is 2. The Balaban J connectivity index is 1.80. The predicted molar refractivity (Wildman–Crippen MR) is 142 cm³/mol. The fourth-order valence-corrected chi connectivity index (χ4v) is 4.71. The molecule has 37 heavy (non-hydrogen) atoms. The second kappa shape index (κ2) is 13.6. The molecule has 1 saturated heterocycles. The van der Waals surface area contributed by atoms with E-state index in [0.717, 1.165) is 37.3 Å². The van der Waals surface area contributed by atoms with Gasteiger partial charge in [0.25, 0.3) is 11.5 Å². The van der Waals surface area contributed by atoms with Crippen molar-refractivity contribution in [2.24, 2.45) is 0 Å². The number of likely N-dealkylation sites (tertiary alicyclic amines) is 1. The molecule has 1 aromatic carbocycles. The van der Waals surface area contributed by atoms with Gasteiger partial charge in [0.15, 0.2) is 5.57 Å². The molecule has 0 unspecified atom stereocenters. The highest BCUT2D eigenvalue weighted by Gasteiger charge is 2.14. The molecule has 1 fully saturated rings. The minimum absolute atomic E-state index is 0.0604. The van der Waals surface area contributed by atoms with Crippen LogP contribution in [0.5, 0.6) is 0 Å². The first-order valence-electron chi connectivity index (χ1n) is 11.8. The molecule has 1 aromatic heterocycles. The normalized spacial score (nSPS) is 12.7. The Morgan fingerprint density at radius 3 is 2.62 bits per heavy atom. The number of nitrogens with one attached hydrogen (secondary N) is 3. The van der Waals surface area contributed by atoms with Crippen molar-refractivity contribution in [3.8, 4) is 12.1 Å². The van der Waals surface area contributed by atoms with Crippen molar-refractivity contribution in [1.29, 1.82) is 10.5 Å². The third kappa shape index (κ3) is 7.81. The predicted octanol–water partition coefficient (Wildman–Crippen LogP) is 0.828. The number of thiazole rings is 1. The molecule has 0 aliphatic carbocycles. The number of piperidine rings is 1. The molecule has 0 saturated carbocycles. The number of carbonyl (C=O) groups is 2. The lowest BCUT2D eigenvalue weighted by Crippen LogP contribution is -2.36. The van der Waals surface area contributed by atoms with Crippen LogP contribution < -0.4 is 30.7 Å². The van der Waals surface area contributed by atoms with Crippen molar-refractivity contribution in [2.45, 2.75) is 32.7 Å². The van der Waals surface area contributed by atoms with E-state index < -0.39 is 5.91 Å². The van der Waals surface area contributed by atoms with Crippen LogP contribution in [-0.2, 0) is 16.1 Å². The van der Waals surface area contributed by atoms with Crippen LogP contribution in [0.3, 0.4) is 0 Å². The van der Waals surface area contributed by atoms with E-state index >= 15 is 0 Å². The van der Waals surface area contributed by atoms with Gasteiger partial charge < -0.3 is 16.0 Å². The summed E-state index contributed by atoms with van der Waals surface area (Å²) in [5, 5.41) is 26.1. The highest BCUT2D eigenvalue weighted by atomic mass is 32.1. The van der Waals surface area contributed by atoms with Crippen molar-refractivity contribution >= 4 is 46.0 Å². The van der Waals surface area contributed by atoms with Crippen LogP contribution in [0.15, 0.2) is 40.8 Å². The number of benzene rings is 1. The van der Waals surface area contributed by atoms with E-state index in [9.17, 15) is 19.6 Å². The summed E-state index contributed by atoms with van der Waals surface area (Å²) in [4.78, 5) is 39.3. The largest absolute Gasteiger partial charge is 0.355 e. The lowest BCUT2D eigenvalue weighted by Gasteiger charge is -2.25. The first kappa shape index (κ1) is 27.2. The Labute approximate surface area is 218 Å². The number of nitriles is 2. The summed E-state index contributed by atoms with van der Waals surface area (Å²) in [6, 6.07) is 10.7. The third-order valence-electron chi connectivity index (χ3n) is 5.50. The van der Waals surface area contributed by atoms with E-state index in [1.165, 1.54) is 17.2 Å². The van der Waals surface area contributed by atoms with Crippen LogP contribution in [0.1, 0.15) is 26.2 Å². The van der Waals surface area contributed by atoms with Crippen LogP contribution >= 0.6 is 11.3 Å². The fourth-order valence-electron chi connectivity index (χ4n) is 3.73. The maximum absolute atomic E-state index is 12.7. The third-order valence-corrected chi connectivity index (χ3v) is 6.52. The maximum Gasteiger partial charge on any atom is 0.277 e. The Kier molecular flexibility index (Phi) is 10.0. The van der Waals surface area contributed by atoms with Crippen molar-refractivity contribution in [1.82, 2.24) is 14.8 Å². The zero-order valence-corrected chi connectivity index (χ0v) is 21.3. The van der Waals surface area contributed by atoms with E-state index in [0.29, 0.717) is 29.1 Å². The van der Waals surface area contributed by atoms with E-state index in [4.69, 9.17) is 5.26 Å². The van der Waals surface area contributed by atoms with Gasteiger partial charge in [-0.2, -0.15) is 10.5 Å². The van der Waals surface area contributed by atoms with Gasteiger partial charge >= 0.3 is 0 Å². The molecule has 1 aliphatic heterocycles. The van der Waals surface area contributed by atoms with E-state index in [-0.39, 0.29) is 28.1 Å². The van der Waals surface area contributed by atoms with Crippen LogP contribution in [0.2, 0.25) is 0 Å².